The van der Waals surface area contributed by atoms with Crippen LogP contribution in [0.2, 0.25) is 0 Å². The fraction of sp³-hybridized carbons (Fsp3) is 0.304. The lowest BCUT2D eigenvalue weighted by atomic mass is 9.94. The molecular formula is C23H24N2O2S. The molecule has 0 unspecified atom stereocenters. The van der Waals surface area contributed by atoms with E-state index in [1.54, 1.807) is 23.5 Å². The van der Waals surface area contributed by atoms with Crippen molar-refractivity contribution in [3.8, 4) is 11.1 Å². The maximum Gasteiger partial charge on any atom is 0.336 e. The zero-order valence-electron chi connectivity index (χ0n) is 15.8. The smallest absolute Gasteiger partial charge is 0.336 e. The summed E-state index contributed by atoms with van der Waals surface area (Å²) in [6.07, 6.45) is 5.49. The van der Waals surface area contributed by atoms with E-state index in [1.165, 1.54) is 23.4 Å². The lowest BCUT2D eigenvalue weighted by Crippen LogP contribution is -2.35. The van der Waals surface area contributed by atoms with E-state index in [-0.39, 0.29) is 0 Å². The van der Waals surface area contributed by atoms with Crippen LogP contribution in [-0.2, 0) is 13.0 Å². The number of aromatic carboxylic acids is 1. The van der Waals surface area contributed by atoms with Gasteiger partial charge in [0.15, 0.2) is 0 Å². The van der Waals surface area contributed by atoms with Gasteiger partial charge in [0.2, 0.25) is 0 Å². The Morgan fingerprint density at radius 3 is 2.75 bits per heavy atom. The molecular weight excluding hydrogens is 368 g/mol. The molecule has 1 fully saturated rings. The largest absolute Gasteiger partial charge is 0.478 e. The Hall–Kier alpha value is -2.50. The van der Waals surface area contributed by atoms with Gasteiger partial charge in [-0.3, -0.25) is 4.90 Å². The summed E-state index contributed by atoms with van der Waals surface area (Å²) in [6, 6.07) is 15.5. The van der Waals surface area contributed by atoms with Crippen LogP contribution in [0.1, 0.15) is 33.8 Å². The Labute approximate surface area is 169 Å². The van der Waals surface area contributed by atoms with Gasteiger partial charge >= 0.3 is 5.97 Å². The van der Waals surface area contributed by atoms with E-state index in [9.17, 15) is 9.90 Å². The van der Waals surface area contributed by atoms with Crippen molar-refractivity contribution in [1.82, 2.24) is 9.88 Å². The van der Waals surface area contributed by atoms with Gasteiger partial charge < -0.3 is 5.11 Å². The minimum Gasteiger partial charge on any atom is -0.478 e. The molecule has 5 heteroatoms. The fourth-order valence-corrected chi connectivity index (χ4v) is 4.76. The topological polar surface area (TPSA) is 53.4 Å². The normalized spacial score (nSPS) is 17.5. The standard InChI is InChI=1S/C23H24N2O2S/c26-23(27)21-6-2-1-5-20(21)19-9-7-17(8-10-19)15-25-12-3-4-18(16-25)14-22-24-11-13-28-22/h1-2,5-11,13,18H,3-4,12,14-16H2,(H,26,27)/t18-/m1/s1. The molecule has 1 atom stereocenters. The SMILES string of the molecule is O=C(O)c1ccccc1-c1ccc(CN2CCC[C@H](Cc3nccs3)C2)cc1. The van der Waals surface area contributed by atoms with Crippen LogP contribution in [-0.4, -0.2) is 34.0 Å². The summed E-state index contributed by atoms with van der Waals surface area (Å²) in [6.45, 7) is 3.19. The average molecular weight is 393 g/mol. The quantitative estimate of drug-likeness (QED) is 0.644. The first-order valence-corrected chi connectivity index (χ1v) is 10.6. The first-order valence-electron chi connectivity index (χ1n) is 9.71. The van der Waals surface area contributed by atoms with Crippen molar-refractivity contribution in [1.29, 1.82) is 0 Å². The summed E-state index contributed by atoms with van der Waals surface area (Å²) >= 11 is 1.75. The van der Waals surface area contributed by atoms with Gasteiger partial charge in [0.25, 0.3) is 0 Å². The highest BCUT2D eigenvalue weighted by atomic mass is 32.1. The molecule has 0 spiro atoms. The number of thiazole rings is 1. The zero-order chi connectivity index (χ0) is 19.3. The number of hydrogen-bond donors (Lipinski definition) is 1. The minimum absolute atomic E-state index is 0.344. The third kappa shape index (κ3) is 4.49. The summed E-state index contributed by atoms with van der Waals surface area (Å²) in [5.74, 6) is -0.208. The van der Waals surface area contributed by atoms with E-state index in [4.69, 9.17) is 0 Å². The molecule has 0 aliphatic carbocycles. The van der Waals surface area contributed by atoms with Gasteiger partial charge in [-0.05, 0) is 48.1 Å². The number of carboxylic acids is 1. The number of hydrogen-bond acceptors (Lipinski definition) is 4. The number of piperidine rings is 1. The number of nitrogens with zero attached hydrogens (tertiary/aromatic N) is 2. The number of rotatable bonds is 6. The van der Waals surface area contributed by atoms with E-state index in [1.807, 2.05) is 30.5 Å². The van der Waals surface area contributed by atoms with Crippen LogP contribution in [0, 0.1) is 5.92 Å². The Morgan fingerprint density at radius 1 is 1.18 bits per heavy atom. The minimum atomic E-state index is -0.890. The third-order valence-electron chi connectivity index (χ3n) is 5.38. The number of carboxylic acid groups (broad SMARTS) is 1. The number of likely N-dealkylation sites (tertiary alicyclic amines) is 1. The summed E-state index contributed by atoms with van der Waals surface area (Å²) in [5, 5.41) is 12.7. The molecule has 2 aromatic carbocycles. The van der Waals surface area contributed by atoms with Crippen molar-refractivity contribution in [2.75, 3.05) is 13.1 Å². The molecule has 144 valence electrons. The maximum atomic E-state index is 11.5. The van der Waals surface area contributed by atoms with Crippen LogP contribution < -0.4 is 0 Å². The summed E-state index contributed by atoms with van der Waals surface area (Å²) < 4.78 is 0. The second-order valence-corrected chi connectivity index (χ2v) is 8.40. The van der Waals surface area contributed by atoms with E-state index >= 15 is 0 Å². The van der Waals surface area contributed by atoms with Crippen molar-refractivity contribution in [3.63, 3.8) is 0 Å². The Bertz CT molecular complexity index is 922. The van der Waals surface area contributed by atoms with Crippen LogP contribution in [0.5, 0.6) is 0 Å². The number of carbonyl (C=O) groups is 1. The van der Waals surface area contributed by atoms with E-state index < -0.39 is 5.97 Å². The van der Waals surface area contributed by atoms with Crippen LogP contribution in [0.4, 0.5) is 0 Å². The molecule has 4 rings (SSSR count). The van der Waals surface area contributed by atoms with Gasteiger partial charge in [0.05, 0.1) is 10.6 Å². The second-order valence-electron chi connectivity index (χ2n) is 7.42. The van der Waals surface area contributed by atoms with E-state index in [0.29, 0.717) is 11.5 Å². The maximum absolute atomic E-state index is 11.5. The molecule has 0 radical (unpaired) electrons. The Balaban J connectivity index is 1.41. The first-order chi connectivity index (χ1) is 13.7. The molecule has 3 aromatic rings. The fourth-order valence-electron chi connectivity index (χ4n) is 4.03. The summed E-state index contributed by atoms with van der Waals surface area (Å²) in [5.41, 5.74) is 3.33. The summed E-state index contributed by atoms with van der Waals surface area (Å²) in [7, 11) is 0. The van der Waals surface area contributed by atoms with Gasteiger partial charge in [-0.25, -0.2) is 9.78 Å². The van der Waals surface area contributed by atoms with Crippen LogP contribution in [0.3, 0.4) is 0 Å². The van der Waals surface area contributed by atoms with E-state index in [0.717, 1.165) is 37.2 Å². The van der Waals surface area contributed by atoms with Crippen molar-refractivity contribution >= 4 is 17.3 Å². The van der Waals surface area contributed by atoms with Crippen molar-refractivity contribution < 1.29 is 9.90 Å². The molecule has 1 saturated heterocycles. The average Bonchev–Trinajstić information content (AvgIpc) is 3.22. The molecule has 0 saturated carbocycles. The van der Waals surface area contributed by atoms with Gasteiger partial charge in [-0.15, -0.1) is 11.3 Å². The molecule has 28 heavy (non-hydrogen) atoms. The van der Waals surface area contributed by atoms with Gasteiger partial charge in [-0.1, -0.05) is 42.5 Å². The summed E-state index contributed by atoms with van der Waals surface area (Å²) in [4.78, 5) is 18.4. The molecule has 0 bridgehead atoms. The second kappa shape index (κ2) is 8.67. The lowest BCUT2D eigenvalue weighted by Gasteiger charge is -2.32. The predicted octanol–water partition coefficient (Wildman–Crippen LogP) is 4.96. The Morgan fingerprint density at radius 2 is 2.00 bits per heavy atom. The molecule has 0 amide bonds. The molecule has 1 aliphatic rings. The van der Waals surface area contributed by atoms with Crippen LogP contribution in [0.25, 0.3) is 11.1 Å². The molecule has 1 aromatic heterocycles. The van der Waals surface area contributed by atoms with Gasteiger partial charge in [0, 0.05) is 31.1 Å². The Kier molecular flexibility index (Phi) is 5.84. The third-order valence-corrected chi connectivity index (χ3v) is 6.18. The van der Waals surface area contributed by atoms with Gasteiger partial charge in [-0.2, -0.15) is 0 Å². The van der Waals surface area contributed by atoms with Crippen LogP contribution in [0.15, 0.2) is 60.1 Å². The highest BCUT2D eigenvalue weighted by molar-refractivity contribution is 7.09. The lowest BCUT2D eigenvalue weighted by molar-refractivity contribution is 0.0697. The first kappa shape index (κ1) is 18.8. The number of benzene rings is 2. The zero-order valence-corrected chi connectivity index (χ0v) is 16.6. The molecule has 2 heterocycles. The molecule has 4 nitrogen and oxygen atoms in total. The highest BCUT2D eigenvalue weighted by Gasteiger charge is 2.21. The van der Waals surface area contributed by atoms with Crippen molar-refractivity contribution in [3.05, 3.63) is 76.2 Å². The van der Waals surface area contributed by atoms with Crippen LogP contribution >= 0.6 is 11.3 Å². The highest BCUT2D eigenvalue weighted by Crippen LogP contribution is 2.26. The predicted molar refractivity (Wildman–Crippen MR) is 113 cm³/mol. The number of aromatic nitrogens is 1. The van der Waals surface area contributed by atoms with Crippen molar-refractivity contribution in [2.45, 2.75) is 25.8 Å². The molecule has 1 aliphatic heterocycles. The monoisotopic (exact) mass is 392 g/mol. The molecule has 1 N–H and O–H groups in total. The van der Waals surface area contributed by atoms with E-state index in [2.05, 4.69) is 27.4 Å². The van der Waals surface area contributed by atoms with Gasteiger partial charge in [0.1, 0.15) is 0 Å². The van der Waals surface area contributed by atoms with Crippen molar-refractivity contribution in [2.24, 2.45) is 5.92 Å².